The van der Waals surface area contributed by atoms with Gasteiger partial charge in [-0.3, -0.25) is 4.79 Å². The summed E-state index contributed by atoms with van der Waals surface area (Å²) in [5.41, 5.74) is 2.92. The molecule has 0 aliphatic rings. The summed E-state index contributed by atoms with van der Waals surface area (Å²) in [6, 6.07) is 15.0. The highest BCUT2D eigenvalue weighted by atomic mass is 16.5. The van der Waals surface area contributed by atoms with Gasteiger partial charge in [-0.15, -0.1) is 10.2 Å². The Balaban J connectivity index is 1.58. The van der Waals surface area contributed by atoms with Gasteiger partial charge >= 0.3 is 0 Å². The quantitative estimate of drug-likeness (QED) is 0.748. The van der Waals surface area contributed by atoms with E-state index in [1.807, 2.05) is 18.2 Å². The third-order valence-corrected chi connectivity index (χ3v) is 3.82. The number of rotatable bonds is 6. The van der Waals surface area contributed by atoms with Crippen molar-refractivity contribution < 1.29 is 13.9 Å². The van der Waals surface area contributed by atoms with E-state index in [0.29, 0.717) is 29.5 Å². The molecule has 2 aromatic carbocycles. The first-order valence-electron chi connectivity index (χ1n) is 7.96. The first-order chi connectivity index (χ1) is 12.2. The van der Waals surface area contributed by atoms with E-state index in [2.05, 4.69) is 28.5 Å². The molecule has 1 N–H and O–H groups in total. The molecule has 0 unspecified atom stereocenters. The fraction of sp³-hybridized carbons (Fsp3) is 0.211. The number of ether oxygens (including phenoxy) is 1. The summed E-state index contributed by atoms with van der Waals surface area (Å²) in [6.45, 7) is 2.23. The fourth-order valence-electron chi connectivity index (χ4n) is 2.38. The molecule has 0 atom stereocenters. The van der Waals surface area contributed by atoms with Crippen LogP contribution in [0.25, 0.3) is 0 Å². The molecule has 6 nitrogen and oxygen atoms in total. The Morgan fingerprint density at radius 3 is 2.52 bits per heavy atom. The Morgan fingerprint density at radius 1 is 1.08 bits per heavy atom. The van der Waals surface area contributed by atoms with Gasteiger partial charge in [0.1, 0.15) is 5.75 Å². The molecule has 6 heteroatoms. The smallest absolute Gasteiger partial charge is 0.253 e. The van der Waals surface area contributed by atoms with Crippen molar-refractivity contribution in [1.29, 1.82) is 0 Å². The minimum absolute atomic E-state index is 0.135. The van der Waals surface area contributed by atoms with E-state index in [0.717, 1.165) is 5.56 Å². The van der Waals surface area contributed by atoms with Crippen molar-refractivity contribution in [2.45, 2.75) is 20.0 Å². The van der Waals surface area contributed by atoms with Gasteiger partial charge in [0.25, 0.3) is 11.8 Å². The van der Waals surface area contributed by atoms with E-state index in [4.69, 9.17) is 9.15 Å². The Labute approximate surface area is 145 Å². The largest absolute Gasteiger partial charge is 0.484 e. The molecular formula is C19H19N3O3. The molecule has 0 bridgehead atoms. The van der Waals surface area contributed by atoms with Crippen LogP contribution in [0.5, 0.6) is 5.75 Å². The van der Waals surface area contributed by atoms with Crippen LogP contribution < -0.4 is 10.1 Å². The number of aryl methyl sites for hydroxylation is 1. The topological polar surface area (TPSA) is 77.2 Å². The fourth-order valence-corrected chi connectivity index (χ4v) is 2.38. The molecule has 3 aromatic rings. The minimum atomic E-state index is -0.135. The highest BCUT2D eigenvalue weighted by Gasteiger charge is 2.09. The zero-order valence-corrected chi connectivity index (χ0v) is 14.2. The SMILES string of the molecule is CNC(=O)c1ccc(OCc2nnc(Cc3ccccc3C)o2)cc1. The van der Waals surface area contributed by atoms with Gasteiger partial charge in [-0.2, -0.15) is 0 Å². The molecule has 0 aliphatic carbocycles. The molecule has 128 valence electrons. The van der Waals surface area contributed by atoms with E-state index in [1.165, 1.54) is 5.56 Å². The van der Waals surface area contributed by atoms with Crippen molar-refractivity contribution in [1.82, 2.24) is 15.5 Å². The molecule has 0 radical (unpaired) electrons. The zero-order valence-electron chi connectivity index (χ0n) is 14.2. The molecule has 0 saturated carbocycles. The normalized spacial score (nSPS) is 10.5. The van der Waals surface area contributed by atoms with Crippen molar-refractivity contribution in [3.8, 4) is 5.75 Å². The molecule has 1 amide bonds. The van der Waals surface area contributed by atoms with Crippen molar-refractivity contribution in [3.63, 3.8) is 0 Å². The lowest BCUT2D eigenvalue weighted by Crippen LogP contribution is -2.17. The highest BCUT2D eigenvalue weighted by molar-refractivity contribution is 5.94. The predicted octanol–water partition coefficient (Wildman–Crippen LogP) is 2.91. The lowest BCUT2D eigenvalue weighted by atomic mass is 10.1. The third kappa shape index (κ3) is 4.23. The van der Waals surface area contributed by atoms with E-state index < -0.39 is 0 Å². The van der Waals surface area contributed by atoms with Crippen LogP contribution in [0.2, 0.25) is 0 Å². The van der Waals surface area contributed by atoms with Gasteiger partial charge < -0.3 is 14.5 Å². The zero-order chi connectivity index (χ0) is 17.6. The second-order valence-electron chi connectivity index (χ2n) is 5.58. The van der Waals surface area contributed by atoms with Crippen molar-refractivity contribution in [3.05, 3.63) is 77.0 Å². The summed E-state index contributed by atoms with van der Waals surface area (Å²) in [6.07, 6.45) is 0.598. The first-order valence-corrected chi connectivity index (χ1v) is 7.96. The number of benzene rings is 2. The molecular weight excluding hydrogens is 318 g/mol. The Morgan fingerprint density at radius 2 is 1.80 bits per heavy atom. The van der Waals surface area contributed by atoms with Crippen LogP contribution in [0.3, 0.4) is 0 Å². The Hall–Kier alpha value is -3.15. The van der Waals surface area contributed by atoms with Crippen LogP contribution in [0.4, 0.5) is 0 Å². The summed E-state index contributed by atoms with van der Waals surface area (Å²) in [5, 5.41) is 10.6. The van der Waals surface area contributed by atoms with E-state index in [1.54, 1.807) is 31.3 Å². The van der Waals surface area contributed by atoms with Gasteiger partial charge in [-0.1, -0.05) is 24.3 Å². The Bertz CT molecular complexity index is 856. The molecule has 0 saturated heterocycles. The van der Waals surface area contributed by atoms with Crippen molar-refractivity contribution >= 4 is 5.91 Å². The standard InChI is InChI=1S/C19H19N3O3/c1-13-5-3-4-6-15(13)11-17-21-22-18(25-17)12-24-16-9-7-14(8-10-16)19(23)20-2/h3-10H,11-12H2,1-2H3,(H,20,23). The number of hydrogen-bond donors (Lipinski definition) is 1. The summed E-state index contributed by atoms with van der Waals surface area (Å²) in [5.74, 6) is 1.47. The Kier molecular flexibility index (Phi) is 5.09. The predicted molar refractivity (Wildman–Crippen MR) is 92.4 cm³/mol. The van der Waals surface area contributed by atoms with Crippen molar-refractivity contribution in [2.75, 3.05) is 7.05 Å². The van der Waals surface area contributed by atoms with Gasteiger partial charge in [0, 0.05) is 12.6 Å². The van der Waals surface area contributed by atoms with E-state index in [-0.39, 0.29) is 12.5 Å². The van der Waals surface area contributed by atoms with Crippen LogP contribution in [0.15, 0.2) is 52.9 Å². The van der Waals surface area contributed by atoms with Crippen LogP contribution in [-0.4, -0.2) is 23.2 Å². The second-order valence-corrected chi connectivity index (χ2v) is 5.58. The summed E-state index contributed by atoms with van der Waals surface area (Å²) in [4.78, 5) is 11.5. The van der Waals surface area contributed by atoms with Crippen molar-refractivity contribution in [2.24, 2.45) is 0 Å². The van der Waals surface area contributed by atoms with Crippen LogP contribution in [0.1, 0.15) is 33.3 Å². The van der Waals surface area contributed by atoms with Gasteiger partial charge in [0.15, 0.2) is 6.61 Å². The number of nitrogens with one attached hydrogen (secondary N) is 1. The second kappa shape index (κ2) is 7.61. The monoisotopic (exact) mass is 337 g/mol. The van der Waals surface area contributed by atoms with Gasteiger partial charge in [-0.05, 0) is 42.3 Å². The van der Waals surface area contributed by atoms with Crippen LogP contribution >= 0.6 is 0 Å². The van der Waals surface area contributed by atoms with Gasteiger partial charge in [0.2, 0.25) is 5.89 Å². The molecule has 0 aliphatic heterocycles. The maximum Gasteiger partial charge on any atom is 0.253 e. The van der Waals surface area contributed by atoms with E-state index >= 15 is 0 Å². The third-order valence-electron chi connectivity index (χ3n) is 3.82. The molecule has 3 rings (SSSR count). The number of hydrogen-bond acceptors (Lipinski definition) is 5. The molecule has 1 aromatic heterocycles. The number of amides is 1. The maximum atomic E-state index is 11.5. The molecule has 0 spiro atoms. The molecule has 0 fully saturated rings. The summed E-state index contributed by atoms with van der Waals surface area (Å²) in [7, 11) is 1.59. The number of aromatic nitrogens is 2. The number of nitrogens with zero attached hydrogens (tertiary/aromatic N) is 2. The van der Waals surface area contributed by atoms with Crippen LogP contribution in [-0.2, 0) is 13.0 Å². The average Bonchev–Trinajstić information content (AvgIpc) is 3.09. The van der Waals surface area contributed by atoms with Gasteiger partial charge in [0.05, 0.1) is 6.42 Å². The van der Waals surface area contributed by atoms with Crippen LogP contribution in [0, 0.1) is 6.92 Å². The van der Waals surface area contributed by atoms with Gasteiger partial charge in [-0.25, -0.2) is 0 Å². The number of carbonyl (C=O) groups is 1. The van der Waals surface area contributed by atoms with E-state index in [9.17, 15) is 4.79 Å². The first kappa shape index (κ1) is 16.7. The lowest BCUT2D eigenvalue weighted by Gasteiger charge is -2.04. The summed E-state index contributed by atoms with van der Waals surface area (Å²) < 4.78 is 11.3. The molecule has 25 heavy (non-hydrogen) atoms. The number of carbonyl (C=O) groups excluding carboxylic acids is 1. The average molecular weight is 337 g/mol. The highest BCUT2D eigenvalue weighted by Crippen LogP contribution is 2.16. The summed E-state index contributed by atoms with van der Waals surface area (Å²) >= 11 is 0. The maximum absolute atomic E-state index is 11.5. The minimum Gasteiger partial charge on any atom is -0.484 e. The lowest BCUT2D eigenvalue weighted by molar-refractivity contribution is 0.0963. The molecule has 1 heterocycles.